The summed E-state index contributed by atoms with van der Waals surface area (Å²) in [6.45, 7) is 1.26. The molecule has 0 aliphatic rings. The van der Waals surface area contributed by atoms with Gasteiger partial charge in [-0.25, -0.2) is 9.97 Å². The van der Waals surface area contributed by atoms with Crippen LogP contribution in [0.25, 0.3) is 0 Å². The van der Waals surface area contributed by atoms with Crippen molar-refractivity contribution in [1.29, 1.82) is 5.26 Å². The van der Waals surface area contributed by atoms with Crippen molar-refractivity contribution in [2.24, 2.45) is 0 Å². The number of hydrogen-bond acceptors (Lipinski definition) is 4. The second kappa shape index (κ2) is 2.97. The molecule has 1 aromatic heterocycles. The van der Waals surface area contributed by atoms with Gasteiger partial charge in [-0.05, 0) is 6.92 Å². The van der Waals surface area contributed by atoms with Crippen molar-refractivity contribution < 1.29 is 13.2 Å². The lowest BCUT2D eigenvalue weighted by Gasteiger charge is -2.03. The van der Waals surface area contributed by atoms with E-state index in [1.165, 1.54) is 13.0 Å². The fraction of sp³-hybridized carbons (Fsp3) is 0.333. The van der Waals surface area contributed by atoms with E-state index in [1.54, 1.807) is 0 Å². The minimum absolute atomic E-state index is 0.126. The van der Waals surface area contributed by atoms with Gasteiger partial charge in [0.05, 0.1) is 0 Å². The minimum Gasteiger partial charge on any atom is -0.209 e. The van der Waals surface area contributed by atoms with Crippen LogP contribution in [0.4, 0.5) is 13.2 Å². The fourth-order valence-corrected chi connectivity index (χ4v) is 0.659. The van der Waals surface area contributed by atoms with Crippen LogP contribution in [-0.4, -0.2) is 15.0 Å². The number of rotatable bonds is 0. The molecular weight excluding hydrogens is 185 g/mol. The summed E-state index contributed by atoms with van der Waals surface area (Å²) in [5.41, 5.74) is 0. The predicted molar refractivity (Wildman–Crippen MR) is 34.3 cm³/mol. The van der Waals surface area contributed by atoms with Crippen LogP contribution in [0.2, 0.25) is 0 Å². The molecule has 0 bridgehead atoms. The topological polar surface area (TPSA) is 62.5 Å². The molecule has 1 heterocycles. The van der Waals surface area contributed by atoms with Crippen LogP contribution in [0, 0.1) is 18.3 Å². The van der Waals surface area contributed by atoms with Crippen molar-refractivity contribution in [1.82, 2.24) is 15.0 Å². The maximum atomic E-state index is 12.0. The number of nitriles is 1. The molecule has 68 valence electrons. The third-order valence-electron chi connectivity index (χ3n) is 1.10. The van der Waals surface area contributed by atoms with Crippen molar-refractivity contribution in [3.63, 3.8) is 0 Å². The molecule has 0 N–H and O–H groups in total. The highest BCUT2D eigenvalue weighted by Gasteiger charge is 2.35. The lowest BCUT2D eigenvalue weighted by atomic mass is 10.5. The Balaban J connectivity index is 3.26. The first kappa shape index (κ1) is 9.38. The van der Waals surface area contributed by atoms with Crippen LogP contribution in [-0.2, 0) is 6.18 Å². The van der Waals surface area contributed by atoms with Gasteiger partial charge in [0.25, 0.3) is 0 Å². The SMILES string of the molecule is Cc1nc(C#N)nc(C(F)(F)F)n1. The standard InChI is InChI=1S/C6H3F3N4/c1-3-11-4(2-10)13-5(12-3)6(7,8)9/h1H3. The summed E-state index contributed by atoms with van der Waals surface area (Å²) < 4.78 is 36.1. The summed E-state index contributed by atoms with van der Waals surface area (Å²) in [5, 5.41) is 8.28. The molecule has 1 aromatic rings. The second-order valence-corrected chi connectivity index (χ2v) is 2.14. The molecule has 1 rings (SSSR count). The number of alkyl halides is 3. The second-order valence-electron chi connectivity index (χ2n) is 2.14. The zero-order valence-corrected chi connectivity index (χ0v) is 6.42. The molecule has 7 heteroatoms. The molecule has 13 heavy (non-hydrogen) atoms. The molecule has 0 radical (unpaired) electrons. The summed E-state index contributed by atoms with van der Waals surface area (Å²) in [5.74, 6) is -1.99. The van der Waals surface area contributed by atoms with Gasteiger partial charge in [-0.3, -0.25) is 0 Å². The van der Waals surface area contributed by atoms with Gasteiger partial charge >= 0.3 is 6.18 Å². The normalized spacial score (nSPS) is 11.0. The Morgan fingerprint density at radius 2 is 1.85 bits per heavy atom. The van der Waals surface area contributed by atoms with Crippen LogP contribution < -0.4 is 0 Å². The van der Waals surface area contributed by atoms with E-state index in [1.807, 2.05) is 0 Å². The highest BCUT2D eigenvalue weighted by Crippen LogP contribution is 2.25. The van der Waals surface area contributed by atoms with Crippen molar-refractivity contribution >= 4 is 0 Å². The molecule has 0 unspecified atom stereocenters. The molecule has 0 fully saturated rings. The van der Waals surface area contributed by atoms with E-state index in [0.29, 0.717) is 0 Å². The number of aromatic nitrogens is 3. The highest BCUT2D eigenvalue weighted by molar-refractivity contribution is 5.11. The van der Waals surface area contributed by atoms with Gasteiger partial charge in [0.2, 0.25) is 11.6 Å². The van der Waals surface area contributed by atoms with E-state index in [4.69, 9.17) is 5.26 Å². The van der Waals surface area contributed by atoms with E-state index < -0.39 is 17.8 Å². The summed E-state index contributed by atoms with van der Waals surface area (Å²) in [7, 11) is 0. The van der Waals surface area contributed by atoms with Gasteiger partial charge in [-0.1, -0.05) is 0 Å². The Kier molecular flexibility index (Phi) is 2.14. The summed E-state index contributed by atoms with van der Waals surface area (Å²) in [6, 6.07) is 1.42. The predicted octanol–water partition coefficient (Wildman–Crippen LogP) is 1.07. The number of nitrogens with zero attached hydrogens (tertiary/aromatic N) is 4. The number of halogens is 3. The first-order valence-electron chi connectivity index (χ1n) is 3.13. The van der Waals surface area contributed by atoms with Gasteiger partial charge < -0.3 is 0 Å². The van der Waals surface area contributed by atoms with Gasteiger partial charge in [0.1, 0.15) is 11.9 Å². The molecule has 0 saturated carbocycles. The molecule has 0 amide bonds. The summed E-state index contributed by atoms with van der Waals surface area (Å²) in [6.07, 6.45) is -4.64. The average molecular weight is 188 g/mol. The van der Waals surface area contributed by atoms with Gasteiger partial charge in [-0.2, -0.15) is 23.4 Å². The van der Waals surface area contributed by atoms with Crippen LogP contribution in [0.15, 0.2) is 0 Å². The number of hydrogen-bond donors (Lipinski definition) is 0. The minimum atomic E-state index is -4.64. The first-order valence-corrected chi connectivity index (χ1v) is 3.13. The van der Waals surface area contributed by atoms with Crippen molar-refractivity contribution in [3.8, 4) is 6.07 Å². The van der Waals surface area contributed by atoms with E-state index in [-0.39, 0.29) is 5.82 Å². The Labute approximate surface area is 71.1 Å². The summed E-state index contributed by atoms with van der Waals surface area (Å²) >= 11 is 0. The lowest BCUT2D eigenvalue weighted by molar-refractivity contribution is -0.145. The fourth-order valence-electron chi connectivity index (χ4n) is 0.659. The summed E-state index contributed by atoms with van der Waals surface area (Å²) in [4.78, 5) is 9.35. The third kappa shape index (κ3) is 2.11. The Morgan fingerprint density at radius 1 is 1.23 bits per heavy atom. The van der Waals surface area contributed by atoms with Gasteiger partial charge in [0, 0.05) is 0 Å². The zero-order chi connectivity index (χ0) is 10.1. The quantitative estimate of drug-likeness (QED) is 0.610. The van der Waals surface area contributed by atoms with E-state index in [2.05, 4.69) is 15.0 Å². The Bertz CT molecular complexity index is 365. The molecule has 0 aromatic carbocycles. The van der Waals surface area contributed by atoms with Crippen molar-refractivity contribution in [3.05, 3.63) is 17.5 Å². The molecule has 4 nitrogen and oxygen atoms in total. The smallest absolute Gasteiger partial charge is 0.209 e. The van der Waals surface area contributed by atoms with E-state index in [9.17, 15) is 13.2 Å². The lowest BCUT2D eigenvalue weighted by Crippen LogP contribution is -2.14. The molecular formula is C6H3F3N4. The van der Waals surface area contributed by atoms with E-state index >= 15 is 0 Å². The average Bonchev–Trinajstić information content (AvgIpc) is 2.01. The molecule has 0 atom stereocenters. The van der Waals surface area contributed by atoms with E-state index in [0.717, 1.165) is 0 Å². The molecule has 0 saturated heterocycles. The first-order chi connectivity index (χ1) is 5.93. The van der Waals surface area contributed by atoms with Crippen molar-refractivity contribution in [2.45, 2.75) is 13.1 Å². The van der Waals surface area contributed by atoms with Crippen LogP contribution >= 0.6 is 0 Å². The largest absolute Gasteiger partial charge is 0.451 e. The zero-order valence-electron chi connectivity index (χ0n) is 6.42. The van der Waals surface area contributed by atoms with Gasteiger partial charge in [-0.15, -0.1) is 0 Å². The maximum absolute atomic E-state index is 12.0. The van der Waals surface area contributed by atoms with Gasteiger partial charge in [0.15, 0.2) is 0 Å². The monoisotopic (exact) mass is 188 g/mol. The molecule has 0 aliphatic carbocycles. The van der Waals surface area contributed by atoms with Crippen LogP contribution in [0.1, 0.15) is 17.5 Å². The van der Waals surface area contributed by atoms with Crippen LogP contribution in [0.5, 0.6) is 0 Å². The molecule has 0 spiro atoms. The molecule has 0 aliphatic heterocycles. The number of aryl methyl sites for hydroxylation is 1. The van der Waals surface area contributed by atoms with Crippen LogP contribution in [0.3, 0.4) is 0 Å². The highest BCUT2D eigenvalue weighted by atomic mass is 19.4. The Morgan fingerprint density at radius 3 is 2.31 bits per heavy atom. The maximum Gasteiger partial charge on any atom is 0.451 e. The van der Waals surface area contributed by atoms with Crippen molar-refractivity contribution in [2.75, 3.05) is 0 Å². The third-order valence-corrected chi connectivity index (χ3v) is 1.10. The Hall–Kier alpha value is -1.71.